The van der Waals surface area contributed by atoms with Crippen LogP contribution in [0.5, 0.6) is 11.5 Å². The van der Waals surface area contributed by atoms with E-state index in [0.717, 1.165) is 30.5 Å². The van der Waals surface area contributed by atoms with E-state index in [1.54, 1.807) is 24.3 Å². The van der Waals surface area contributed by atoms with Gasteiger partial charge in [0, 0.05) is 17.5 Å². The Labute approximate surface area is 190 Å². The Morgan fingerprint density at radius 2 is 1.88 bits per heavy atom. The van der Waals surface area contributed by atoms with Crippen LogP contribution < -0.4 is 10.5 Å². The van der Waals surface area contributed by atoms with Gasteiger partial charge >= 0.3 is 12.1 Å². The van der Waals surface area contributed by atoms with Crippen LogP contribution in [0.25, 0.3) is 0 Å². The van der Waals surface area contributed by atoms with E-state index >= 15 is 0 Å². The number of rotatable bonds is 6. The molecular weight excluding hydrogens is 431 g/mol. The minimum atomic E-state index is -4.50. The van der Waals surface area contributed by atoms with Gasteiger partial charge in [-0.2, -0.15) is 13.2 Å². The molecule has 1 aliphatic carbocycles. The van der Waals surface area contributed by atoms with E-state index in [2.05, 4.69) is 0 Å². The molecule has 0 radical (unpaired) electrons. The van der Waals surface area contributed by atoms with E-state index in [-0.39, 0.29) is 18.1 Å². The maximum Gasteiger partial charge on any atom is 0.416 e. The molecule has 0 saturated heterocycles. The third-order valence-electron chi connectivity index (χ3n) is 6.01. The SMILES string of the molecule is COC(=O)Cc1cccc(Oc2ccc(C(F)(F)F)cc2C(N)C2CCc3ccccc32)c1. The summed E-state index contributed by atoms with van der Waals surface area (Å²) in [5, 5.41) is 0. The number of alkyl halides is 3. The summed E-state index contributed by atoms with van der Waals surface area (Å²) in [6, 6.07) is 17.4. The molecule has 0 saturated carbocycles. The zero-order valence-electron chi connectivity index (χ0n) is 18.1. The van der Waals surface area contributed by atoms with Crippen LogP contribution in [0.4, 0.5) is 13.2 Å². The Bertz CT molecular complexity index is 1160. The predicted molar refractivity (Wildman–Crippen MR) is 118 cm³/mol. The summed E-state index contributed by atoms with van der Waals surface area (Å²) in [5.74, 6) is 0.147. The van der Waals surface area contributed by atoms with Gasteiger partial charge < -0.3 is 15.2 Å². The third kappa shape index (κ3) is 5.03. The number of hydrogen-bond acceptors (Lipinski definition) is 4. The summed E-state index contributed by atoms with van der Waals surface area (Å²) in [5.41, 5.74) is 9.01. The average molecular weight is 455 g/mol. The lowest BCUT2D eigenvalue weighted by atomic mass is 9.87. The van der Waals surface area contributed by atoms with Crippen molar-refractivity contribution in [2.75, 3.05) is 7.11 Å². The Morgan fingerprint density at radius 1 is 1.09 bits per heavy atom. The number of fused-ring (bicyclic) bond motifs is 1. The summed E-state index contributed by atoms with van der Waals surface area (Å²) < 4.78 is 51.2. The second-order valence-corrected chi connectivity index (χ2v) is 8.12. The zero-order chi connectivity index (χ0) is 23.6. The number of carbonyl (C=O) groups excluding carboxylic acids is 1. The van der Waals surface area contributed by atoms with Crippen molar-refractivity contribution in [1.29, 1.82) is 0 Å². The minimum absolute atomic E-state index is 0.0614. The van der Waals surface area contributed by atoms with Crippen LogP contribution in [-0.4, -0.2) is 13.1 Å². The molecule has 2 N–H and O–H groups in total. The molecule has 0 spiro atoms. The number of methoxy groups -OCH3 is 1. The summed E-state index contributed by atoms with van der Waals surface area (Å²) in [6.07, 6.45) is -2.85. The normalized spacial score (nSPS) is 16.2. The molecule has 2 unspecified atom stereocenters. The fraction of sp³-hybridized carbons (Fsp3) is 0.269. The third-order valence-corrected chi connectivity index (χ3v) is 6.01. The number of nitrogens with two attached hydrogens (primary N) is 1. The van der Waals surface area contributed by atoms with E-state index in [1.807, 2.05) is 24.3 Å². The topological polar surface area (TPSA) is 61.5 Å². The average Bonchev–Trinajstić information content (AvgIpc) is 3.22. The first-order valence-electron chi connectivity index (χ1n) is 10.6. The maximum atomic E-state index is 13.5. The minimum Gasteiger partial charge on any atom is -0.469 e. The summed E-state index contributed by atoms with van der Waals surface area (Å²) >= 11 is 0. The van der Waals surface area contributed by atoms with Crippen molar-refractivity contribution in [3.63, 3.8) is 0 Å². The van der Waals surface area contributed by atoms with Crippen molar-refractivity contribution < 1.29 is 27.4 Å². The lowest BCUT2D eigenvalue weighted by molar-refractivity contribution is -0.140. The van der Waals surface area contributed by atoms with Crippen LogP contribution in [-0.2, 0) is 28.5 Å². The monoisotopic (exact) mass is 455 g/mol. The van der Waals surface area contributed by atoms with E-state index in [1.165, 1.54) is 18.7 Å². The number of carbonyl (C=O) groups is 1. The molecule has 0 aliphatic heterocycles. The fourth-order valence-corrected chi connectivity index (χ4v) is 4.34. The van der Waals surface area contributed by atoms with Crippen molar-refractivity contribution in [1.82, 2.24) is 0 Å². The highest BCUT2D eigenvalue weighted by Crippen LogP contribution is 2.44. The Balaban J connectivity index is 1.69. The number of ether oxygens (including phenoxy) is 2. The summed E-state index contributed by atoms with van der Waals surface area (Å²) in [4.78, 5) is 11.6. The smallest absolute Gasteiger partial charge is 0.416 e. The molecule has 0 aromatic heterocycles. The number of hydrogen-bond donors (Lipinski definition) is 1. The molecule has 3 aromatic rings. The van der Waals surface area contributed by atoms with Gasteiger partial charge in [-0.3, -0.25) is 4.79 Å². The highest BCUT2D eigenvalue weighted by molar-refractivity contribution is 5.72. The molecule has 0 fully saturated rings. The molecule has 4 nitrogen and oxygen atoms in total. The molecule has 2 atom stereocenters. The second-order valence-electron chi connectivity index (χ2n) is 8.12. The Hall–Kier alpha value is -3.32. The molecule has 33 heavy (non-hydrogen) atoms. The van der Waals surface area contributed by atoms with E-state index in [0.29, 0.717) is 16.9 Å². The van der Waals surface area contributed by atoms with Gasteiger partial charge in [0.05, 0.1) is 19.1 Å². The van der Waals surface area contributed by atoms with Crippen molar-refractivity contribution in [3.05, 3.63) is 94.5 Å². The largest absolute Gasteiger partial charge is 0.469 e. The van der Waals surface area contributed by atoms with Gasteiger partial charge in [0.2, 0.25) is 0 Å². The highest BCUT2D eigenvalue weighted by atomic mass is 19.4. The van der Waals surface area contributed by atoms with Gasteiger partial charge in [0.25, 0.3) is 0 Å². The summed E-state index contributed by atoms with van der Waals surface area (Å²) in [7, 11) is 1.31. The van der Waals surface area contributed by atoms with Gasteiger partial charge in [-0.05, 0) is 59.9 Å². The molecule has 0 amide bonds. The van der Waals surface area contributed by atoms with E-state index in [9.17, 15) is 18.0 Å². The predicted octanol–water partition coefficient (Wildman–Crippen LogP) is 5.94. The standard InChI is InChI=1S/C26H24F3NO3/c1-32-24(31)14-16-5-4-7-19(13-16)33-23-12-10-18(26(27,28)29)15-22(23)25(30)21-11-9-17-6-2-3-8-20(17)21/h2-8,10,12-13,15,21,25H,9,11,14,30H2,1H3. The van der Waals surface area contributed by atoms with Crippen molar-refractivity contribution in [3.8, 4) is 11.5 Å². The molecule has 4 rings (SSSR count). The molecule has 0 bridgehead atoms. The highest BCUT2D eigenvalue weighted by Gasteiger charge is 2.34. The van der Waals surface area contributed by atoms with E-state index < -0.39 is 23.8 Å². The molecule has 172 valence electrons. The molecule has 1 aliphatic rings. The van der Waals surface area contributed by atoms with Crippen molar-refractivity contribution in [2.24, 2.45) is 5.73 Å². The van der Waals surface area contributed by atoms with Gasteiger partial charge in [0.1, 0.15) is 11.5 Å². The molecule has 3 aromatic carbocycles. The van der Waals surface area contributed by atoms with Crippen LogP contribution in [0.3, 0.4) is 0 Å². The maximum absolute atomic E-state index is 13.5. The van der Waals surface area contributed by atoms with Crippen LogP contribution in [0, 0.1) is 0 Å². The Morgan fingerprint density at radius 3 is 2.64 bits per heavy atom. The molecule has 0 heterocycles. The lowest BCUT2D eigenvalue weighted by Gasteiger charge is -2.24. The second kappa shape index (κ2) is 9.27. The fourth-order valence-electron chi connectivity index (χ4n) is 4.34. The van der Waals surface area contributed by atoms with Crippen LogP contribution in [0.2, 0.25) is 0 Å². The zero-order valence-corrected chi connectivity index (χ0v) is 18.1. The van der Waals surface area contributed by atoms with Gasteiger partial charge in [-0.1, -0.05) is 36.4 Å². The van der Waals surface area contributed by atoms with Crippen molar-refractivity contribution >= 4 is 5.97 Å². The van der Waals surface area contributed by atoms with Crippen LogP contribution >= 0.6 is 0 Å². The molecule has 7 heteroatoms. The molecular formula is C26H24F3NO3. The van der Waals surface area contributed by atoms with Crippen LogP contribution in [0.15, 0.2) is 66.7 Å². The van der Waals surface area contributed by atoms with Crippen LogP contribution in [0.1, 0.15) is 46.2 Å². The quantitative estimate of drug-likeness (QED) is 0.467. The lowest BCUT2D eigenvalue weighted by Crippen LogP contribution is -2.20. The first-order chi connectivity index (χ1) is 15.8. The first kappa shape index (κ1) is 22.9. The Kier molecular flexibility index (Phi) is 6.42. The number of benzene rings is 3. The van der Waals surface area contributed by atoms with Gasteiger partial charge in [-0.25, -0.2) is 0 Å². The van der Waals surface area contributed by atoms with Gasteiger partial charge in [-0.15, -0.1) is 0 Å². The summed E-state index contributed by atoms with van der Waals surface area (Å²) in [6.45, 7) is 0. The number of aryl methyl sites for hydroxylation is 1. The van der Waals surface area contributed by atoms with E-state index in [4.69, 9.17) is 15.2 Å². The van der Waals surface area contributed by atoms with Gasteiger partial charge in [0.15, 0.2) is 0 Å². The van der Waals surface area contributed by atoms with Crippen molar-refractivity contribution in [2.45, 2.75) is 37.4 Å². The number of halogens is 3. The number of esters is 1. The first-order valence-corrected chi connectivity index (χ1v) is 10.6.